The Morgan fingerprint density at radius 2 is 1.81 bits per heavy atom. The van der Waals surface area contributed by atoms with Crippen molar-refractivity contribution in [3.05, 3.63) is 84.2 Å². The molecule has 0 radical (unpaired) electrons. The second kappa shape index (κ2) is 9.16. The van der Waals surface area contributed by atoms with E-state index in [1.807, 2.05) is 59.9 Å². The Morgan fingerprint density at radius 3 is 2.62 bits per heavy atom. The zero-order valence-electron chi connectivity index (χ0n) is 20.5. The highest BCUT2D eigenvalue weighted by Crippen LogP contribution is 2.31. The Bertz CT molecular complexity index is 1630. The molecule has 0 N–H and O–H groups in total. The number of methoxy groups -OCH3 is 1. The molecule has 1 aliphatic heterocycles. The number of carbonyl (C=O) groups is 1. The lowest BCUT2D eigenvalue weighted by molar-refractivity contribution is 0.0668. The topological polar surface area (TPSA) is 75.9 Å². The van der Waals surface area contributed by atoms with Gasteiger partial charge in [-0.15, -0.1) is 10.2 Å². The van der Waals surface area contributed by atoms with Crippen molar-refractivity contribution in [2.45, 2.75) is 13.0 Å². The van der Waals surface area contributed by atoms with Crippen LogP contribution in [0.2, 0.25) is 0 Å². The van der Waals surface area contributed by atoms with E-state index >= 15 is 0 Å². The van der Waals surface area contributed by atoms with Crippen LogP contribution in [0.5, 0.6) is 5.75 Å². The van der Waals surface area contributed by atoms with Gasteiger partial charge in [0.05, 0.1) is 18.2 Å². The lowest BCUT2D eigenvalue weighted by Gasteiger charge is -2.40. The van der Waals surface area contributed by atoms with E-state index in [0.717, 1.165) is 22.2 Å². The first-order chi connectivity index (χ1) is 18.0. The van der Waals surface area contributed by atoms with Crippen molar-refractivity contribution in [3.63, 3.8) is 0 Å². The van der Waals surface area contributed by atoms with Crippen LogP contribution in [0.1, 0.15) is 17.3 Å². The van der Waals surface area contributed by atoms with Gasteiger partial charge in [-0.2, -0.15) is 0 Å². The maximum Gasteiger partial charge on any atom is 0.257 e. The fourth-order valence-electron chi connectivity index (χ4n) is 4.96. The van der Waals surface area contributed by atoms with Crippen molar-refractivity contribution in [3.8, 4) is 17.1 Å². The third kappa shape index (κ3) is 3.92. The number of hydrogen-bond donors (Lipinski definition) is 0. The highest BCUT2D eigenvalue weighted by molar-refractivity contribution is 5.95. The van der Waals surface area contributed by atoms with Crippen LogP contribution in [0.3, 0.4) is 0 Å². The highest BCUT2D eigenvalue weighted by Gasteiger charge is 2.31. The maximum absolute atomic E-state index is 14.3. The highest BCUT2D eigenvalue weighted by atomic mass is 19.1. The van der Waals surface area contributed by atoms with Gasteiger partial charge in [-0.1, -0.05) is 36.4 Å². The van der Waals surface area contributed by atoms with E-state index in [9.17, 15) is 9.18 Å². The van der Waals surface area contributed by atoms with Crippen molar-refractivity contribution >= 4 is 28.4 Å². The number of benzene rings is 3. The van der Waals surface area contributed by atoms with Gasteiger partial charge in [-0.05, 0) is 43.3 Å². The second-order valence-corrected chi connectivity index (χ2v) is 9.12. The van der Waals surface area contributed by atoms with Crippen LogP contribution in [0.4, 0.5) is 10.3 Å². The summed E-state index contributed by atoms with van der Waals surface area (Å²) >= 11 is 0. The van der Waals surface area contributed by atoms with Gasteiger partial charge >= 0.3 is 0 Å². The summed E-state index contributed by atoms with van der Waals surface area (Å²) in [6.45, 7) is 3.45. The zero-order valence-corrected chi connectivity index (χ0v) is 20.5. The molecule has 5 aromatic rings. The summed E-state index contributed by atoms with van der Waals surface area (Å²) in [6.07, 6.45) is 0. The van der Waals surface area contributed by atoms with Crippen molar-refractivity contribution in [2.75, 3.05) is 31.6 Å². The first kappa shape index (κ1) is 22.9. The first-order valence-electron chi connectivity index (χ1n) is 12.1. The summed E-state index contributed by atoms with van der Waals surface area (Å²) in [5.74, 6) is 1.26. The molecule has 1 fully saturated rings. The van der Waals surface area contributed by atoms with Crippen molar-refractivity contribution in [1.29, 1.82) is 0 Å². The number of halogens is 1. The minimum Gasteiger partial charge on any atom is -0.497 e. The maximum atomic E-state index is 14.3. The van der Waals surface area contributed by atoms with Gasteiger partial charge in [-0.25, -0.2) is 13.8 Å². The van der Waals surface area contributed by atoms with Crippen LogP contribution in [0.25, 0.3) is 27.9 Å². The van der Waals surface area contributed by atoms with Gasteiger partial charge in [0.15, 0.2) is 11.5 Å². The van der Waals surface area contributed by atoms with E-state index in [-0.39, 0.29) is 17.5 Å². The molecule has 8 nitrogen and oxygen atoms in total. The summed E-state index contributed by atoms with van der Waals surface area (Å²) in [6, 6.07) is 21.5. The third-order valence-electron chi connectivity index (χ3n) is 6.83. The molecule has 2 aromatic heterocycles. The molecule has 1 aliphatic rings. The fraction of sp³-hybridized carbons (Fsp3) is 0.214. The number of ether oxygens (including phenoxy) is 1. The molecule has 6 rings (SSSR count). The standard InChI is InChI=1S/C28H25FN6O2/c1-18-17-33(14-15-34(18)27(36)21-10-3-5-12-23(21)29)28-30-24-13-6-4-11-22(24)26-32-31-25(35(26)28)19-8-7-9-20(16-19)37-2/h3-13,16,18H,14-15,17H2,1-2H3/t18-/m1/s1. The minimum absolute atomic E-state index is 0.0909. The van der Waals surface area contributed by atoms with E-state index in [1.54, 1.807) is 24.1 Å². The molecule has 0 saturated carbocycles. The Hall–Kier alpha value is -4.53. The van der Waals surface area contributed by atoms with Crippen molar-refractivity contribution < 1.29 is 13.9 Å². The van der Waals surface area contributed by atoms with E-state index in [1.165, 1.54) is 12.1 Å². The molecule has 37 heavy (non-hydrogen) atoms. The number of para-hydroxylation sites is 1. The molecule has 186 valence electrons. The van der Waals surface area contributed by atoms with Crippen LogP contribution in [-0.4, -0.2) is 63.2 Å². The lowest BCUT2D eigenvalue weighted by atomic mass is 10.1. The minimum atomic E-state index is -0.507. The molecular formula is C28H25FN6O2. The molecule has 0 unspecified atom stereocenters. The first-order valence-corrected chi connectivity index (χ1v) is 12.1. The SMILES string of the molecule is COc1cccc(-c2nnc3c4ccccc4nc(N4CCN(C(=O)c5ccccc5F)[C@H](C)C4)n23)c1. The van der Waals surface area contributed by atoms with Gasteiger partial charge in [0.1, 0.15) is 11.6 Å². The number of amides is 1. The number of carbonyl (C=O) groups excluding carboxylic acids is 1. The van der Waals surface area contributed by atoms with Crippen LogP contribution < -0.4 is 9.64 Å². The monoisotopic (exact) mass is 496 g/mol. The average molecular weight is 497 g/mol. The second-order valence-electron chi connectivity index (χ2n) is 9.12. The molecule has 0 aliphatic carbocycles. The third-order valence-corrected chi connectivity index (χ3v) is 6.83. The summed E-state index contributed by atoms with van der Waals surface area (Å²) < 4.78 is 21.7. The molecular weight excluding hydrogens is 471 g/mol. The van der Waals surface area contributed by atoms with Gasteiger partial charge in [0.2, 0.25) is 5.95 Å². The summed E-state index contributed by atoms with van der Waals surface area (Å²) in [5.41, 5.74) is 2.46. The Kier molecular flexibility index (Phi) is 5.67. The van der Waals surface area contributed by atoms with E-state index in [2.05, 4.69) is 15.1 Å². The number of aromatic nitrogens is 4. The van der Waals surface area contributed by atoms with Gasteiger partial charge < -0.3 is 14.5 Å². The van der Waals surface area contributed by atoms with E-state index in [0.29, 0.717) is 37.1 Å². The van der Waals surface area contributed by atoms with Crippen molar-refractivity contribution in [2.24, 2.45) is 0 Å². The van der Waals surface area contributed by atoms with Crippen LogP contribution >= 0.6 is 0 Å². The number of anilines is 1. The molecule has 0 spiro atoms. The number of piperazine rings is 1. The Labute approximate surface area is 212 Å². The molecule has 0 bridgehead atoms. The summed E-state index contributed by atoms with van der Waals surface area (Å²) in [4.78, 5) is 22.0. The number of rotatable bonds is 4. The molecule has 9 heteroatoms. The lowest BCUT2D eigenvalue weighted by Crippen LogP contribution is -2.54. The van der Waals surface area contributed by atoms with Crippen LogP contribution in [-0.2, 0) is 0 Å². The van der Waals surface area contributed by atoms with E-state index < -0.39 is 5.82 Å². The van der Waals surface area contributed by atoms with Gasteiger partial charge in [0, 0.05) is 36.6 Å². The molecule has 3 aromatic carbocycles. The van der Waals surface area contributed by atoms with Gasteiger partial charge in [0.25, 0.3) is 5.91 Å². The molecule has 1 amide bonds. The molecule has 3 heterocycles. The molecule has 1 saturated heterocycles. The fourth-order valence-corrected chi connectivity index (χ4v) is 4.96. The predicted molar refractivity (Wildman–Crippen MR) is 139 cm³/mol. The normalized spacial score (nSPS) is 15.9. The number of fused-ring (bicyclic) bond motifs is 3. The largest absolute Gasteiger partial charge is 0.497 e. The van der Waals surface area contributed by atoms with Crippen LogP contribution in [0, 0.1) is 5.82 Å². The van der Waals surface area contributed by atoms with E-state index in [4.69, 9.17) is 9.72 Å². The quantitative estimate of drug-likeness (QED) is 0.366. The molecule has 1 atom stereocenters. The summed E-state index contributed by atoms with van der Waals surface area (Å²) in [5, 5.41) is 9.99. The Morgan fingerprint density at radius 1 is 1.00 bits per heavy atom. The van der Waals surface area contributed by atoms with Crippen LogP contribution in [0.15, 0.2) is 72.8 Å². The summed E-state index contributed by atoms with van der Waals surface area (Å²) in [7, 11) is 1.63. The average Bonchev–Trinajstić information content (AvgIpc) is 3.38. The zero-order chi connectivity index (χ0) is 25.5. The van der Waals surface area contributed by atoms with Gasteiger partial charge in [-0.3, -0.25) is 4.79 Å². The number of nitrogens with zero attached hydrogens (tertiary/aromatic N) is 6. The van der Waals surface area contributed by atoms with Crippen molar-refractivity contribution in [1.82, 2.24) is 24.5 Å². The predicted octanol–water partition coefficient (Wildman–Crippen LogP) is 4.44. The smallest absolute Gasteiger partial charge is 0.257 e. The number of hydrogen-bond acceptors (Lipinski definition) is 6. The Balaban J connectivity index is 1.42.